The van der Waals surface area contributed by atoms with Crippen LogP contribution < -0.4 is 0 Å². The van der Waals surface area contributed by atoms with Crippen LogP contribution in [0, 0.1) is 0 Å². The van der Waals surface area contributed by atoms with Crippen molar-refractivity contribution in [1.29, 1.82) is 0 Å². The van der Waals surface area contributed by atoms with Gasteiger partial charge in [-0.05, 0) is 17.7 Å². The summed E-state index contributed by atoms with van der Waals surface area (Å²) in [6, 6.07) is 3.67. The predicted octanol–water partition coefficient (Wildman–Crippen LogP) is 0.420. The SMILES string of the molecule is O=C(O)c1cn(Cc2ccncc2)nn1. The van der Waals surface area contributed by atoms with Crippen molar-refractivity contribution in [2.24, 2.45) is 0 Å². The van der Waals surface area contributed by atoms with Crippen LogP contribution in [0.25, 0.3) is 0 Å². The molecule has 2 heterocycles. The van der Waals surface area contributed by atoms with Gasteiger partial charge in [0.05, 0.1) is 12.7 Å². The van der Waals surface area contributed by atoms with E-state index in [1.165, 1.54) is 10.9 Å². The Bertz CT molecular complexity index is 466. The topological polar surface area (TPSA) is 80.9 Å². The Morgan fingerprint density at radius 1 is 1.40 bits per heavy atom. The smallest absolute Gasteiger partial charge is 0.358 e. The summed E-state index contributed by atoms with van der Waals surface area (Å²) in [5.41, 5.74) is 0.941. The number of aromatic nitrogens is 4. The van der Waals surface area contributed by atoms with E-state index in [-0.39, 0.29) is 5.69 Å². The summed E-state index contributed by atoms with van der Waals surface area (Å²) in [7, 11) is 0. The van der Waals surface area contributed by atoms with Crippen molar-refractivity contribution in [1.82, 2.24) is 20.0 Å². The lowest BCUT2D eigenvalue weighted by molar-refractivity contribution is 0.0690. The summed E-state index contributed by atoms with van der Waals surface area (Å²) in [5.74, 6) is -1.07. The first kappa shape index (κ1) is 9.32. The second-order valence-electron chi connectivity index (χ2n) is 2.96. The Morgan fingerprint density at radius 3 is 2.73 bits per heavy atom. The average molecular weight is 204 g/mol. The van der Waals surface area contributed by atoms with E-state index in [1.807, 2.05) is 12.1 Å². The first-order chi connectivity index (χ1) is 7.25. The molecule has 2 aromatic rings. The number of nitrogens with zero attached hydrogens (tertiary/aromatic N) is 4. The number of carboxylic acid groups (broad SMARTS) is 1. The van der Waals surface area contributed by atoms with Gasteiger partial charge in [-0.1, -0.05) is 5.21 Å². The standard InChI is InChI=1S/C9H8N4O2/c14-9(15)8-6-13(12-11-8)5-7-1-3-10-4-2-7/h1-4,6H,5H2,(H,14,15). The maximum atomic E-state index is 10.5. The Labute approximate surface area is 85.2 Å². The van der Waals surface area contributed by atoms with Gasteiger partial charge in [0.15, 0.2) is 5.69 Å². The fraction of sp³-hybridized carbons (Fsp3) is 0.111. The molecule has 2 rings (SSSR count). The molecule has 0 unspecified atom stereocenters. The van der Waals surface area contributed by atoms with Crippen LogP contribution >= 0.6 is 0 Å². The number of carbonyl (C=O) groups is 1. The first-order valence-electron chi connectivity index (χ1n) is 4.28. The molecule has 15 heavy (non-hydrogen) atoms. The molecule has 6 heteroatoms. The van der Waals surface area contributed by atoms with Crippen molar-refractivity contribution in [2.45, 2.75) is 6.54 Å². The monoisotopic (exact) mass is 204 g/mol. The van der Waals surface area contributed by atoms with Gasteiger partial charge < -0.3 is 5.11 Å². The Hall–Kier alpha value is -2.24. The summed E-state index contributed by atoms with van der Waals surface area (Å²) in [5, 5.41) is 15.8. The molecule has 0 aliphatic heterocycles. The average Bonchev–Trinajstić information content (AvgIpc) is 2.68. The highest BCUT2D eigenvalue weighted by molar-refractivity contribution is 5.84. The second kappa shape index (κ2) is 3.87. The predicted molar refractivity (Wildman–Crippen MR) is 50.3 cm³/mol. The van der Waals surface area contributed by atoms with Crippen LogP contribution in [0.2, 0.25) is 0 Å². The van der Waals surface area contributed by atoms with Crippen molar-refractivity contribution in [3.8, 4) is 0 Å². The molecule has 0 aliphatic carbocycles. The molecule has 6 nitrogen and oxygen atoms in total. The van der Waals surface area contributed by atoms with Gasteiger partial charge in [-0.2, -0.15) is 0 Å². The molecule has 2 aromatic heterocycles. The van der Waals surface area contributed by atoms with Crippen LogP contribution in [0.15, 0.2) is 30.7 Å². The number of hydrogen-bond acceptors (Lipinski definition) is 4. The van der Waals surface area contributed by atoms with E-state index in [0.717, 1.165) is 5.56 Å². The molecular formula is C9H8N4O2. The summed E-state index contributed by atoms with van der Waals surface area (Å²) in [4.78, 5) is 14.4. The van der Waals surface area contributed by atoms with Gasteiger partial charge in [-0.3, -0.25) is 4.98 Å². The number of hydrogen-bond donors (Lipinski definition) is 1. The molecule has 0 aromatic carbocycles. The van der Waals surface area contributed by atoms with Crippen LogP contribution in [-0.2, 0) is 6.54 Å². The molecule has 0 saturated heterocycles. The van der Waals surface area contributed by atoms with Gasteiger partial charge in [0.25, 0.3) is 0 Å². The van der Waals surface area contributed by atoms with Crippen molar-refractivity contribution in [3.05, 3.63) is 42.0 Å². The first-order valence-corrected chi connectivity index (χ1v) is 4.28. The van der Waals surface area contributed by atoms with Gasteiger partial charge in [0.1, 0.15) is 0 Å². The van der Waals surface area contributed by atoms with E-state index in [0.29, 0.717) is 6.54 Å². The third-order valence-corrected chi connectivity index (χ3v) is 1.85. The highest BCUT2D eigenvalue weighted by atomic mass is 16.4. The maximum absolute atomic E-state index is 10.5. The molecule has 1 N–H and O–H groups in total. The fourth-order valence-electron chi connectivity index (χ4n) is 1.15. The van der Waals surface area contributed by atoms with Crippen molar-refractivity contribution < 1.29 is 9.90 Å². The molecular weight excluding hydrogens is 196 g/mol. The highest BCUT2D eigenvalue weighted by Crippen LogP contribution is 2.00. The summed E-state index contributed by atoms with van der Waals surface area (Å²) < 4.78 is 1.47. The van der Waals surface area contributed by atoms with E-state index in [1.54, 1.807) is 12.4 Å². The zero-order chi connectivity index (χ0) is 10.7. The number of aromatic carboxylic acids is 1. The molecule has 0 spiro atoms. The quantitative estimate of drug-likeness (QED) is 0.783. The minimum atomic E-state index is -1.07. The van der Waals surface area contributed by atoms with E-state index in [2.05, 4.69) is 15.3 Å². The van der Waals surface area contributed by atoms with Gasteiger partial charge in [-0.15, -0.1) is 5.10 Å². The zero-order valence-corrected chi connectivity index (χ0v) is 7.74. The fourth-order valence-corrected chi connectivity index (χ4v) is 1.15. The van der Waals surface area contributed by atoms with Crippen LogP contribution in [0.4, 0.5) is 0 Å². The largest absolute Gasteiger partial charge is 0.476 e. The Morgan fingerprint density at radius 2 is 2.13 bits per heavy atom. The highest BCUT2D eigenvalue weighted by Gasteiger charge is 2.07. The van der Waals surface area contributed by atoms with Gasteiger partial charge in [-0.25, -0.2) is 9.48 Å². The number of pyridine rings is 1. The number of rotatable bonds is 3. The van der Waals surface area contributed by atoms with Crippen molar-refractivity contribution in [2.75, 3.05) is 0 Å². The molecule has 0 saturated carbocycles. The molecule has 0 radical (unpaired) electrons. The van der Waals surface area contributed by atoms with Gasteiger partial charge in [0.2, 0.25) is 0 Å². The maximum Gasteiger partial charge on any atom is 0.358 e. The molecule has 0 amide bonds. The molecule has 0 aliphatic rings. The minimum absolute atomic E-state index is 0.0518. The third-order valence-electron chi connectivity index (χ3n) is 1.85. The Kier molecular flexibility index (Phi) is 2.40. The van der Waals surface area contributed by atoms with Crippen LogP contribution in [-0.4, -0.2) is 31.1 Å². The Balaban J connectivity index is 2.15. The van der Waals surface area contributed by atoms with Crippen LogP contribution in [0.3, 0.4) is 0 Å². The van der Waals surface area contributed by atoms with Crippen LogP contribution in [0.1, 0.15) is 16.1 Å². The minimum Gasteiger partial charge on any atom is -0.476 e. The van der Waals surface area contributed by atoms with E-state index in [4.69, 9.17) is 5.11 Å². The molecule has 76 valence electrons. The normalized spacial score (nSPS) is 10.1. The van der Waals surface area contributed by atoms with Crippen molar-refractivity contribution in [3.63, 3.8) is 0 Å². The van der Waals surface area contributed by atoms with E-state index < -0.39 is 5.97 Å². The van der Waals surface area contributed by atoms with Crippen LogP contribution in [0.5, 0.6) is 0 Å². The molecule has 0 atom stereocenters. The lowest BCUT2D eigenvalue weighted by Gasteiger charge is -1.98. The van der Waals surface area contributed by atoms with Gasteiger partial charge in [0, 0.05) is 12.4 Å². The summed E-state index contributed by atoms with van der Waals surface area (Å²) in [6.45, 7) is 0.489. The second-order valence-corrected chi connectivity index (χ2v) is 2.96. The molecule has 0 fully saturated rings. The van der Waals surface area contributed by atoms with E-state index in [9.17, 15) is 4.79 Å². The lowest BCUT2D eigenvalue weighted by Crippen LogP contribution is -2.00. The zero-order valence-electron chi connectivity index (χ0n) is 7.74. The third kappa shape index (κ3) is 2.16. The lowest BCUT2D eigenvalue weighted by atomic mass is 10.3. The summed E-state index contributed by atoms with van der Waals surface area (Å²) >= 11 is 0. The van der Waals surface area contributed by atoms with Crippen molar-refractivity contribution >= 4 is 5.97 Å². The number of carboxylic acids is 1. The summed E-state index contributed by atoms with van der Waals surface area (Å²) in [6.07, 6.45) is 4.73. The van der Waals surface area contributed by atoms with E-state index >= 15 is 0 Å². The molecule has 0 bridgehead atoms. The van der Waals surface area contributed by atoms with Gasteiger partial charge >= 0.3 is 5.97 Å².